The molecule has 6 rings (SSSR count). The van der Waals surface area contributed by atoms with E-state index in [2.05, 4.69) is 20.3 Å². The molecule has 17 heteroatoms. The Balaban J connectivity index is 1.22. The number of hydrogen-bond acceptors (Lipinski definition) is 9. The Morgan fingerprint density at radius 1 is 1.14 bits per heavy atom. The van der Waals surface area contributed by atoms with Crippen molar-refractivity contribution in [2.45, 2.75) is 81.4 Å². The first-order valence-corrected chi connectivity index (χ1v) is 18.9. The Labute approximate surface area is 291 Å². The van der Waals surface area contributed by atoms with Crippen LogP contribution in [-0.4, -0.2) is 72.6 Å². The van der Waals surface area contributed by atoms with Crippen LogP contribution in [0.2, 0.25) is 0 Å². The third kappa shape index (κ3) is 7.67. The van der Waals surface area contributed by atoms with E-state index in [0.29, 0.717) is 42.9 Å². The molecule has 1 aromatic heterocycles. The average Bonchev–Trinajstić information content (AvgIpc) is 3.93. The molecule has 50 heavy (non-hydrogen) atoms. The minimum absolute atomic E-state index is 0.0476. The van der Waals surface area contributed by atoms with Gasteiger partial charge in [-0.2, -0.15) is 13.2 Å². The summed E-state index contributed by atoms with van der Waals surface area (Å²) in [4.78, 5) is 60.1. The first-order chi connectivity index (χ1) is 23.6. The van der Waals surface area contributed by atoms with Crippen LogP contribution in [0.4, 0.5) is 23.7 Å². The number of amides is 4. The van der Waals surface area contributed by atoms with Gasteiger partial charge in [-0.15, -0.1) is 11.3 Å². The molecule has 4 aliphatic rings. The number of sulfonamides is 1. The van der Waals surface area contributed by atoms with Gasteiger partial charge in [-0.3, -0.25) is 24.4 Å². The van der Waals surface area contributed by atoms with Crippen LogP contribution in [0.25, 0.3) is 11.3 Å². The van der Waals surface area contributed by atoms with E-state index in [1.54, 1.807) is 19.4 Å². The summed E-state index contributed by atoms with van der Waals surface area (Å²) < 4.78 is 73.9. The lowest BCUT2D eigenvalue weighted by Crippen LogP contribution is -2.54. The van der Waals surface area contributed by atoms with E-state index in [1.807, 2.05) is 12.2 Å². The predicted molar refractivity (Wildman–Crippen MR) is 177 cm³/mol. The zero-order valence-electron chi connectivity index (χ0n) is 27.4. The summed E-state index contributed by atoms with van der Waals surface area (Å²) in [5, 5.41) is 6.84. The van der Waals surface area contributed by atoms with Gasteiger partial charge in [-0.05, 0) is 70.4 Å². The van der Waals surface area contributed by atoms with Gasteiger partial charge in [0.2, 0.25) is 21.8 Å². The van der Waals surface area contributed by atoms with Gasteiger partial charge in [0.1, 0.15) is 11.6 Å². The van der Waals surface area contributed by atoms with Crippen LogP contribution < -0.4 is 15.4 Å². The first-order valence-electron chi connectivity index (χ1n) is 16.5. The molecule has 3 aliphatic carbocycles. The van der Waals surface area contributed by atoms with E-state index < -0.39 is 74.3 Å². The Hall–Kier alpha value is -3.99. The number of aromatic nitrogens is 1. The van der Waals surface area contributed by atoms with Gasteiger partial charge in [-0.25, -0.2) is 18.2 Å². The lowest BCUT2D eigenvalue weighted by atomic mass is 9.93. The number of alkyl halides is 3. The molecule has 12 nitrogen and oxygen atoms in total. The summed E-state index contributed by atoms with van der Waals surface area (Å²) >= 11 is 1.29. The molecule has 0 saturated heterocycles. The highest BCUT2D eigenvalue weighted by Crippen LogP contribution is 2.47. The van der Waals surface area contributed by atoms with Crippen molar-refractivity contribution in [3.8, 4) is 11.3 Å². The summed E-state index contributed by atoms with van der Waals surface area (Å²) in [7, 11) is -2.29. The van der Waals surface area contributed by atoms with Gasteiger partial charge in [0.25, 0.3) is 5.91 Å². The minimum Gasteiger partial charge on any atom is -0.446 e. The molecule has 3 fully saturated rings. The Morgan fingerprint density at radius 2 is 1.88 bits per heavy atom. The van der Waals surface area contributed by atoms with Crippen LogP contribution in [0.1, 0.15) is 61.9 Å². The van der Waals surface area contributed by atoms with Crippen molar-refractivity contribution in [3.63, 3.8) is 0 Å². The van der Waals surface area contributed by atoms with E-state index in [1.165, 1.54) is 22.3 Å². The number of allylic oxidation sites excluding steroid dienone is 1. The smallest absolute Gasteiger partial charge is 0.416 e. The van der Waals surface area contributed by atoms with Gasteiger partial charge in [0.15, 0.2) is 0 Å². The topological polar surface area (TPSA) is 164 Å². The molecule has 1 aromatic carbocycles. The Bertz CT molecular complexity index is 1830. The molecule has 4 amide bonds. The minimum atomic E-state index is -4.69. The third-order valence-corrected chi connectivity index (χ3v) is 12.3. The summed E-state index contributed by atoms with van der Waals surface area (Å²) in [6, 6.07) is 2.90. The predicted octanol–water partition coefficient (Wildman–Crippen LogP) is 4.76. The Kier molecular flexibility index (Phi) is 9.76. The largest absolute Gasteiger partial charge is 0.446 e. The molecule has 1 aliphatic heterocycles. The van der Waals surface area contributed by atoms with Gasteiger partial charge in [-0.1, -0.05) is 18.2 Å². The molecule has 5 unspecified atom stereocenters. The summed E-state index contributed by atoms with van der Waals surface area (Å²) in [5.74, 6) is -4.28. The number of thiazole rings is 1. The number of ether oxygens (including phenoxy) is 1. The maximum atomic E-state index is 13.9. The van der Waals surface area contributed by atoms with Crippen LogP contribution in [-0.2, 0) is 35.3 Å². The second-order valence-corrected chi connectivity index (χ2v) is 16.5. The number of aryl methyl sites for hydroxylation is 1. The lowest BCUT2D eigenvalue weighted by molar-refractivity contribution is -0.140. The van der Waals surface area contributed by atoms with Crippen molar-refractivity contribution >= 4 is 50.9 Å². The highest BCUT2D eigenvalue weighted by molar-refractivity contribution is 7.91. The maximum absolute atomic E-state index is 13.9. The first kappa shape index (κ1) is 35.8. The van der Waals surface area contributed by atoms with Gasteiger partial charge in [0.05, 0.1) is 39.0 Å². The Morgan fingerprint density at radius 3 is 2.56 bits per heavy atom. The molecule has 2 heterocycles. The second-order valence-electron chi connectivity index (χ2n) is 13.5. The normalized spacial score (nSPS) is 28.1. The van der Waals surface area contributed by atoms with E-state index in [0.717, 1.165) is 18.6 Å². The van der Waals surface area contributed by atoms with Crippen LogP contribution in [0.5, 0.6) is 0 Å². The zero-order chi connectivity index (χ0) is 36.0. The monoisotopic (exact) mass is 737 g/mol. The van der Waals surface area contributed by atoms with Gasteiger partial charge in [0, 0.05) is 30.5 Å². The van der Waals surface area contributed by atoms with Gasteiger partial charge < -0.3 is 15.0 Å². The molecule has 5 atom stereocenters. The van der Waals surface area contributed by atoms with Crippen molar-refractivity contribution < 1.29 is 45.5 Å². The van der Waals surface area contributed by atoms with E-state index in [-0.39, 0.29) is 36.4 Å². The third-order valence-electron chi connectivity index (χ3n) is 9.75. The molecule has 0 bridgehead atoms. The van der Waals surface area contributed by atoms with Crippen molar-refractivity contribution in [1.29, 1.82) is 0 Å². The maximum Gasteiger partial charge on any atom is 0.416 e. The SMILES string of the molecule is Cc1nc(-c2ccc(C(F)(F)F)cc2NC(=O)OC2CC3C(=O)NC4(C(=O)NS(=O)(=O)C5CC5)CC4/C=C\CCCCN(C)C(=O)C3C2)cs1. The van der Waals surface area contributed by atoms with Crippen LogP contribution in [0.3, 0.4) is 0 Å². The second kappa shape index (κ2) is 13.6. The number of hydrogen-bond donors (Lipinski definition) is 3. The van der Waals surface area contributed by atoms with Gasteiger partial charge >= 0.3 is 12.3 Å². The fourth-order valence-electron chi connectivity index (χ4n) is 6.72. The summed E-state index contributed by atoms with van der Waals surface area (Å²) in [6.07, 6.45) is -0.0549. The molecular weight excluding hydrogens is 700 g/mol. The highest BCUT2D eigenvalue weighted by Gasteiger charge is 2.62. The van der Waals surface area contributed by atoms with Crippen LogP contribution in [0, 0.1) is 24.7 Å². The van der Waals surface area contributed by atoms with E-state index in [9.17, 15) is 40.8 Å². The van der Waals surface area contributed by atoms with E-state index in [4.69, 9.17) is 4.74 Å². The quantitative estimate of drug-likeness (QED) is 0.358. The zero-order valence-corrected chi connectivity index (χ0v) is 29.1. The number of carbonyl (C=O) groups excluding carboxylic acids is 4. The van der Waals surface area contributed by atoms with E-state index >= 15 is 0 Å². The summed E-state index contributed by atoms with van der Waals surface area (Å²) in [5.41, 5.74) is -2.08. The average molecular weight is 738 g/mol. The van der Waals surface area contributed by atoms with Crippen molar-refractivity contribution in [3.05, 3.63) is 46.3 Å². The number of halogens is 3. The number of fused-ring (bicyclic) bond motifs is 2. The number of nitrogens with zero attached hydrogens (tertiary/aromatic N) is 2. The molecule has 0 radical (unpaired) electrons. The molecular formula is C33H38F3N5O7S2. The van der Waals surface area contributed by atoms with Crippen molar-refractivity contribution in [2.24, 2.45) is 17.8 Å². The lowest BCUT2D eigenvalue weighted by Gasteiger charge is -2.26. The van der Waals surface area contributed by atoms with Crippen LogP contribution >= 0.6 is 11.3 Å². The number of anilines is 1. The molecule has 2 aromatic rings. The standard InChI is InChI=1S/C33H38F3N5O7S2/c1-18-37-27(17-49-18)23-11-8-19(33(34,35)36)13-26(23)38-31(45)48-21-14-24-25(15-21)29(43)41(2)12-6-4-3-5-7-20-16-32(20,39-28(24)42)30(44)40-50(46,47)22-9-10-22/h5,7-8,11,13,17,20-22,24-25H,3-4,6,9-10,12,14-16H2,1-2H3,(H,38,45)(H,39,42)(H,40,44)/b7-5-. The molecule has 270 valence electrons. The summed E-state index contributed by atoms with van der Waals surface area (Å²) in [6.45, 7) is 2.16. The fourth-order valence-corrected chi connectivity index (χ4v) is 8.69. The number of carbonyl (C=O) groups is 4. The van der Waals surface area contributed by atoms with Crippen molar-refractivity contribution in [2.75, 3.05) is 18.9 Å². The molecule has 3 N–H and O–H groups in total. The molecule has 3 saturated carbocycles. The van der Waals surface area contributed by atoms with Crippen LogP contribution in [0.15, 0.2) is 35.7 Å². The highest BCUT2D eigenvalue weighted by atomic mass is 32.2. The van der Waals surface area contributed by atoms with Crippen molar-refractivity contribution in [1.82, 2.24) is 19.9 Å². The fraction of sp³-hybridized carbons (Fsp3) is 0.545. The number of nitrogens with one attached hydrogen (secondary N) is 3. The number of benzene rings is 1. The number of rotatable bonds is 6. The molecule has 0 spiro atoms.